The maximum Gasteiger partial charge on any atom is 0.231 e. The summed E-state index contributed by atoms with van der Waals surface area (Å²) in [7, 11) is 1.58. The number of benzene rings is 2. The number of ether oxygens (including phenoxy) is 3. The summed E-state index contributed by atoms with van der Waals surface area (Å²) in [6, 6.07) is 7.95. The minimum atomic E-state index is 0.208. The van der Waals surface area contributed by atoms with Crippen LogP contribution < -0.4 is 19.1 Å². The molecule has 0 saturated heterocycles. The molecule has 0 bridgehead atoms. The third kappa shape index (κ3) is 1.91. The van der Waals surface area contributed by atoms with Gasteiger partial charge in [0.1, 0.15) is 12.2 Å². The van der Waals surface area contributed by atoms with Crippen LogP contribution in [-0.4, -0.2) is 25.6 Å². The van der Waals surface area contributed by atoms with Crippen molar-refractivity contribution in [2.24, 2.45) is 0 Å². The molecule has 3 aliphatic rings. The van der Waals surface area contributed by atoms with Crippen molar-refractivity contribution < 1.29 is 24.2 Å². The van der Waals surface area contributed by atoms with E-state index in [2.05, 4.69) is 18.2 Å². The first kappa shape index (κ1) is 13.7. The molecular weight excluding hydrogens is 306 g/mol. The summed E-state index contributed by atoms with van der Waals surface area (Å²) >= 11 is 0. The SMILES string of the molecule is COc1cc2c(cc1O)CC[NH+]1Cc3cc4c(cc3C=C21)OCO4. The zero-order valence-electron chi connectivity index (χ0n) is 13.4. The van der Waals surface area contributed by atoms with Gasteiger partial charge in [-0.25, -0.2) is 0 Å². The molecule has 1 atom stereocenters. The van der Waals surface area contributed by atoms with Crippen molar-refractivity contribution >= 4 is 11.8 Å². The van der Waals surface area contributed by atoms with Crippen LogP contribution >= 0.6 is 0 Å². The fourth-order valence-corrected chi connectivity index (χ4v) is 3.88. The lowest BCUT2D eigenvalue weighted by atomic mass is 9.90. The first-order chi connectivity index (χ1) is 11.7. The second-order valence-electron chi connectivity index (χ2n) is 6.42. The second-order valence-corrected chi connectivity index (χ2v) is 6.42. The predicted molar refractivity (Wildman–Crippen MR) is 88.3 cm³/mol. The van der Waals surface area contributed by atoms with Crippen LogP contribution in [0.3, 0.4) is 0 Å². The van der Waals surface area contributed by atoms with Gasteiger partial charge in [0.2, 0.25) is 6.79 Å². The zero-order valence-corrected chi connectivity index (χ0v) is 13.4. The number of hydrogen-bond acceptors (Lipinski definition) is 4. The Hall–Kier alpha value is -2.66. The Labute approximate surface area is 139 Å². The van der Waals surface area contributed by atoms with Crippen molar-refractivity contribution in [2.45, 2.75) is 13.0 Å². The minimum Gasteiger partial charge on any atom is -0.504 e. The summed E-state index contributed by atoms with van der Waals surface area (Å²) in [5.74, 6) is 2.38. The molecule has 0 saturated carbocycles. The average molecular weight is 324 g/mol. The largest absolute Gasteiger partial charge is 0.504 e. The maximum absolute atomic E-state index is 10.0. The number of hydrogen-bond donors (Lipinski definition) is 2. The lowest BCUT2D eigenvalue weighted by molar-refractivity contribution is -0.841. The Morgan fingerprint density at radius 3 is 2.75 bits per heavy atom. The topological polar surface area (TPSA) is 52.4 Å². The van der Waals surface area contributed by atoms with Gasteiger partial charge < -0.3 is 19.3 Å². The van der Waals surface area contributed by atoms with E-state index in [1.165, 1.54) is 27.3 Å². The van der Waals surface area contributed by atoms with Crippen LogP contribution in [0.5, 0.6) is 23.0 Å². The molecule has 5 rings (SSSR count). The summed E-state index contributed by atoms with van der Waals surface area (Å²) in [5.41, 5.74) is 6.05. The molecular formula is C19H18NO4+. The van der Waals surface area contributed by atoms with Gasteiger partial charge in [-0.2, -0.15) is 0 Å². The van der Waals surface area contributed by atoms with Gasteiger partial charge in [0.15, 0.2) is 23.0 Å². The van der Waals surface area contributed by atoms with E-state index in [4.69, 9.17) is 14.2 Å². The van der Waals surface area contributed by atoms with E-state index in [0.29, 0.717) is 12.5 Å². The van der Waals surface area contributed by atoms with Crippen LogP contribution in [0.1, 0.15) is 22.3 Å². The molecule has 1 unspecified atom stereocenters. The van der Waals surface area contributed by atoms with Crippen molar-refractivity contribution in [3.63, 3.8) is 0 Å². The van der Waals surface area contributed by atoms with E-state index >= 15 is 0 Å². The van der Waals surface area contributed by atoms with E-state index in [0.717, 1.165) is 36.6 Å². The molecule has 3 aliphatic heterocycles. The Balaban J connectivity index is 1.67. The number of phenolic OH excluding ortho intramolecular Hbond substituents is 1. The molecule has 2 aromatic rings. The quantitative estimate of drug-likeness (QED) is 0.836. The van der Waals surface area contributed by atoms with E-state index in [1.54, 1.807) is 7.11 Å². The summed E-state index contributed by atoms with van der Waals surface area (Å²) in [6.45, 7) is 2.24. The lowest BCUT2D eigenvalue weighted by Crippen LogP contribution is -3.09. The van der Waals surface area contributed by atoms with Gasteiger partial charge in [-0.05, 0) is 35.4 Å². The monoisotopic (exact) mass is 324 g/mol. The number of fused-ring (bicyclic) bond motifs is 5. The van der Waals surface area contributed by atoms with Gasteiger partial charge in [-0.1, -0.05) is 0 Å². The van der Waals surface area contributed by atoms with Crippen LogP contribution in [0, 0.1) is 0 Å². The van der Waals surface area contributed by atoms with Crippen LogP contribution in [0.25, 0.3) is 11.8 Å². The highest BCUT2D eigenvalue weighted by Crippen LogP contribution is 2.39. The van der Waals surface area contributed by atoms with Crippen molar-refractivity contribution in [3.05, 3.63) is 46.5 Å². The number of quaternary nitrogens is 1. The highest BCUT2D eigenvalue weighted by atomic mass is 16.7. The Bertz CT molecular complexity index is 887. The number of phenols is 1. The van der Waals surface area contributed by atoms with Crippen molar-refractivity contribution in [2.75, 3.05) is 20.4 Å². The van der Waals surface area contributed by atoms with Crippen molar-refractivity contribution in [1.29, 1.82) is 0 Å². The second kappa shape index (κ2) is 4.92. The van der Waals surface area contributed by atoms with Gasteiger partial charge in [0, 0.05) is 23.6 Å². The first-order valence-corrected chi connectivity index (χ1v) is 8.12. The molecule has 2 aromatic carbocycles. The Morgan fingerprint density at radius 2 is 1.92 bits per heavy atom. The van der Waals surface area contributed by atoms with Crippen LogP contribution in [0.15, 0.2) is 24.3 Å². The molecule has 122 valence electrons. The zero-order chi connectivity index (χ0) is 16.3. The van der Waals surface area contributed by atoms with Crippen LogP contribution in [0.4, 0.5) is 0 Å². The van der Waals surface area contributed by atoms with E-state index < -0.39 is 0 Å². The lowest BCUT2D eigenvalue weighted by Gasteiger charge is -2.32. The van der Waals surface area contributed by atoms with E-state index in [1.807, 2.05) is 12.1 Å². The van der Waals surface area contributed by atoms with E-state index in [-0.39, 0.29) is 5.75 Å². The minimum absolute atomic E-state index is 0.208. The van der Waals surface area contributed by atoms with Crippen molar-refractivity contribution in [1.82, 2.24) is 0 Å². The van der Waals surface area contributed by atoms with Gasteiger partial charge in [0.05, 0.1) is 13.7 Å². The number of rotatable bonds is 1. The Kier molecular flexibility index (Phi) is 2.82. The molecule has 0 aromatic heterocycles. The predicted octanol–water partition coefficient (Wildman–Crippen LogP) is 1.58. The Morgan fingerprint density at radius 1 is 1.08 bits per heavy atom. The molecule has 5 nitrogen and oxygen atoms in total. The summed E-state index contributed by atoms with van der Waals surface area (Å²) in [4.78, 5) is 1.43. The van der Waals surface area contributed by atoms with Crippen LogP contribution in [-0.2, 0) is 13.0 Å². The standard InChI is InChI=1S/C19H17NO4/c1-22-17-8-14-11(5-16(17)21)2-3-20-9-13-7-19-18(23-10-24-19)6-12(13)4-15(14)20/h4-8,21H,2-3,9-10H2,1H3/p+1. The van der Waals surface area contributed by atoms with Gasteiger partial charge in [0.25, 0.3) is 0 Å². The summed E-state index contributed by atoms with van der Waals surface area (Å²) in [6.07, 6.45) is 3.17. The number of aromatic hydroxyl groups is 1. The molecule has 24 heavy (non-hydrogen) atoms. The summed E-state index contributed by atoms with van der Waals surface area (Å²) < 4.78 is 16.3. The fourth-order valence-electron chi connectivity index (χ4n) is 3.88. The highest BCUT2D eigenvalue weighted by molar-refractivity contribution is 5.82. The highest BCUT2D eigenvalue weighted by Gasteiger charge is 2.32. The van der Waals surface area contributed by atoms with Gasteiger partial charge in [-0.3, -0.25) is 4.90 Å². The molecule has 0 aliphatic carbocycles. The molecule has 0 spiro atoms. The molecule has 3 heterocycles. The third-order valence-corrected chi connectivity index (χ3v) is 5.11. The normalized spacial score (nSPS) is 19.9. The average Bonchev–Trinajstić information content (AvgIpc) is 3.04. The van der Waals surface area contributed by atoms with Crippen molar-refractivity contribution in [3.8, 4) is 23.0 Å². The molecule has 5 heteroatoms. The molecule has 0 radical (unpaired) electrons. The van der Waals surface area contributed by atoms with Gasteiger partial charge in [-0.15, -0.1) is 0 Å². The molecule has 2 N–H and O–H groups in total. The molecule has 0 fully saturated rings. The number of nitrogens with one attached hydrogen (secondary N) is 1. The maximum atomic E-state index is 10.0. The fraction of sp³-hybridized carbons (Fsp3) is 0.263. The van der Waals surface area contributed by atoms with Gasteiger partial charge >= 0.3 is 0 Å². The smallest absolute Gasteiger partial charge is 0.231 e. The number of methoxy groups -OCH3 is 1. The summed E-state index contributed by atoms with van der Waals surface area (Å²) in [5, 5.41) is 10.0. The van der Waals surface area contributed by atoms with Crippen LogP contribution in [0.2, 0.25) is 0 Å². The third-order valence-electron chi connectivity index (χ3n) is 5.11. The first-order valence-electron chi connectivity index (χ1n) is 8.12. The van der Waals surface area contributed by atoms with E-state index in [9.17, 15) is 5.11 Å². The molecule has 0 amide bonds.